The molecule has 1 aromatic rings. The largest absolute Gasteiger partial charge is 0.491 e. The maximum absolute atomic E-state index is 5.88. The molecule has 1 fully saturated rings. The lowest BCUT2D eigenvalue weighted by molar-refractivity contribution is 0.172. The van der Waals surface area contributed by atoms with Crippen molar-refractivity contribution in [1.82, 2.24) is 4.90 Å². The summed E-state index contributed by atoms with van der Waals surface area (Å²) in [6, 6.07) is 9.70. The van der Waals surface area contributed by atoms with Crippen LogP contribution in [0.25, 0.3) is 0 Å². The van der Waals surface area contributed by atoms with Crippen LogP contribution in [0.5, 0.6) is 5.75 Å². The number of para-hydroxylation sites is 2. The van der Waals surface area contributed by atoms with Crippen LogP contribution in [0.1, 0.15) is 20.3 Å². The number of benzene rings is 1. The number of ether oxygens (including phenoxy) is 1. The minimum Gasteiger partial charge on any atom is -0.491 e. The summed E-state index contributed by atoms with van der Waals surface area (Å²) in [5, 5.41) is 0. The van der Waals surface area contributed by atoms with Gasteiger partial charge in [0.25, 0.3) is 0 Å². The third kappa shape index (κ3) is 2.07. The molecule has 0 amide bonds. The van der Waals surface area contributed by atoms with E-state index in [0.717, 1.165) is 38.4 Å². The molecule has 3 nitrogen and oxygen atoms in total. The first-order valence-corrected chi connectivity index (χ1v) is 6.98. The fourth-order valence-electron chi connectivity index (χ4n) is 3.03. The van der Waals surface area contributed by atoms with E-state index in [4.69, 9.17) is 4.74 Å². The minimum atomic E-state index is 0.602. The second-order valence-corrected chi connectivity index (χ2v) is 5.54. The summed E-state index contributed by atoms with van der Waals surface area (Å²) in [5.74, 6) is 1.05. The average molecular weight is 246 g/mol. The van der Waals surface area contributed by atoms with Crippen LogP contribution in [-0.4, -0.2) is 43.2 Å². The van der Waals surface area contributed by atoms with Gasteiger partial charge in [-0.15, -0.1) is 0 Å². The highest BCUT2D eigenvalue weighted by molar-refractivity contribution is 5.60. The second-order valence-electron chi connectivity index (χ2n) is 5.54. The molecule has 0 saturated carbocycles. The molecule has 2 aliphatic heterocycles. The van der Waals surface area contributed by atoms with E-state index < -0.39 is 0 Å². The van der Waals surface area contributed by atoms with Gasteiger partial charge in [-0.05, 0) is 26.0 Å². The van der Waals surface area contributed by atoms with E-state index >= 15 is 0 Å². The van der Waals surface area contributed by atoms with Crippen molar-refractivity contribution in [2.24, 2.45) is 0 Å². The predicted octanol–water partition coefficient (Wildman–Crippen LogP) is 2.37. The zero-order valence-corrected chi connectivity index (χ0v) is 11.3. The Kier molecular flexibility index (Phi) is 3.16. The topological polar surface area (TPSA) is 15.7 Å². The smallest absolute Gasteiger partial charge is 0.142 e. The number of anilines is 1. The van der Waals surface area contributed by atoms with Crippen LogP contribution in [-0.2, 0) is 0 Å². The lowest BCUT2D eigenvalue weighted by Gasteiger charge is -2.43. The fraction of sp³-hybridized carbons (Fsp3) is 0.600. The molecular weight excluding hydrogens is 224 g/mol. The van der Waals surface area contributed by atoms with Crippen molar-refractivity contribution in [1.29, 1.82) is 0 Å². The molecule has 1 saturated heterocycles. The summed E-state index contributed by atoms with van der Waals surface area (Å²) < 4.78 is 5.88. The zero-order valence-electron chi connectivity index (χ0n) is 11.3. The van der Waals surface area contributed by atoms with Crippen molar-refractivity contribution >= 4 is 5.69 Å². The molecule has 0 N–H and O–H groups in total. The SMILES string of the molecule is CC(C)N1CCN2c3ccccc3OCC[C@H]2C1. The third-order valence-corrected chi connectivity index (χ3v) is 4.13. The Morgan fingerprint density at radius 3 is 2.89 bits per heavy atom. The Morgan fingerprint density at radius 1 is 1.22 bits per heavy atom. The number of nitrogens with zero attached hydrogens (tertiary/aromatic N) is 2. The highest BCUT2D eigenvalue weighted by Crippen LogP contribution is 2.34. The van der Waals surface area contributed by atoms with Crippen LogP contribution in [0, 0.1) is 0 Å². The van der Waals surface area contributed by atoms with E-state index in [2.05, 4.69) is 47.9 Å². The van der Waals surface area contributed by atoms with Crippen LogP contribution in [0.2, 0.25) is 0 Å². The summed E-state index contributed by atoms with van der Waals surface area (Å²) in [6.07, 6.45) is 1.12. The molecular formula is C15H22N2O. The van der Waals surface area contributed by atoms with Gasteiger partial charge in [0.15, 0.2) is 0 Å². The highest BCUT2D eigenvalue weighted by Gasteiger charge is 2.31. The van der Waals surface area contributed by atoms with Gasteiger partial charge in [-0.3, -0.25) is 4.90 Å². The van der Waals surface area contributed by atoms with Crippen molar-refractivity contribution in [3.05, 3.63) is 24.3 Å². The van der Waals surface area contributed by atoms with E-state index in [9.17, 15) is 0 Å². The van der Waals surface area contributed by atoms with Crippen LogP contribution in [0.15, 0.2) is 24.3 Å². The van der Waals surface area contributed by atoms with Crippen molar-refractivity contribution in [2.45, 2.75) is 32.4 Å². The summed E-state index contributed by atoms with van der Waals surface area (Å²) in [6.45, 7) is 8.85. The molecule has 1 atom stereocenters. The first-order chi connectivity index (χ1) is 8.75. The van der Waals surface area contributed by atoms with E-state index in [1.807, 2.05) is 0 Å². The third-order valence-electron chi connectivity index (χ3n) is 4.13. The monoisotopic (exact) mass is 246 g/mol. The highest BCUT2D eigenvalue weighted by atomic mass is 16.5. The summed E-state index contributed by atoms with van der Waals surface area (Å²) >= 11 is 0. The van der Waals surface area contributed by atoms with Crippen molar-refractivity contribution in [2.75, 3.05) is 31.1 Å². The van der Waals surface area contributed by atoms with Crippen LogP contribution in [0.3, 0.4) is 0 Å². The zero-order chi connectivity index (χ0) is 12.5. The first-order valence-electron chi connectivity index (χ1n) is 6.98. The lowest BCUT2D eigenvalue weighted by Crippen LogP contribution is -2.55. The molecule has 0 spiro atoms. The van der Waals surface area contributed by atoms with E-state index in [1.54, 1.807) is 0 Å². The molecule has 0 bridgehead atoms. The van der Waals surface area contributed by atoms with Crippen molar-refractivity contribution in [3.63, 3.8) is 0 Å². The van der Waals surface area contributed by atoms with Crippen molar-refractivity contribution in [3.8, 4) is 5.75 Å². The van der Waals surface area contributed by atoms with E-state index in [1.165, 1.54) is 5.69 Å². The van der Waals surface area contributed by atoms with Gasteiger partial charge in [0, 0.05) is 38.1 Å². The Labute approximate surface area is 109 Å². The van der Waals surface area contributed by atoms with Crippen molar-refractivity contribution < 1.29 is 4.74 Å². The molecule has 0 radical (unpaired) electrons. The second kappa shape index (κ2) is 4.81. The number of hydrogen-bond donors (Lipinski definition) is 0. The predicted molar refractivity (Wildman–Crippen MR) is 74.4 cm³/mol. The standard InChI is InChI=1S/C15H22N2O/c1-12(2)16-8-9-17-13(11-16)7-10-18-15-6-4-3-5-14(15)17/h3-6,12-13H,7-11H2,1-2H3/t13-/m0/s1. The summed E-state index contributed by atoms with van der Waals surface area (Å²) in [7, 11) is 0. The van der Waals surface area contributed by atoms with Gasteiger partial charge in [0.05, 0.1) is 12.3 Å². The maximum Gasteiger partial charge on any atom is 0.142 e. The molecule has 3 heteroatoms. The van der Waals surface area contributed by atoms with Gasteiger partial charge in [-0.2, -0.15) is 0 Å². The fourth-order valence-corrected chi connectivity index (χ4v) is 3.03. The first kappa shape index (κ1) is 11.8. The molecule has 0 unspecified atom stereocenters. The van der Waals surface area contributed by atoms with E-state index in [-0.39, 0.29) is 0 Å². The molecule has 3 rings (SSSR count). The quantitative estimate of drug-likeness (QED) is 0.756. The van der Waals surface area contributed by atoms with Gasteiger partial charge in [-0.1, -0.05) is 12.1 Å². The molecule has 2 aliphatic rings. The number of hydrogen-bond acceptors (Lipinski definition) is 3. The molecule has 1 aromatic carbocycles. The minimum absolute atomic E-state index is 0.602. The molecule has 0 aromatic heterocycles. The maximum atomic E-state index is 5.88. The number of piperazine rings is 1. The number of rotatable bonds is 1. The van der Waals surface area contributed by atoms with Gasteiger partial charge in [0.1, 0.15) is 5.75 Å². The van der Waals surface area contributed by atoms with E-state index in [0.29, 0.717) is 12.1 Å². The molecule has 98 valence electrons. The van der Waals surface area contributed by atoms with Crippen LogP contribution < -0.4 is 9.64 Å². The average Bonchev–Trinajstić information content (AvgIpc) is 2.57. The Balaban J connectivity index is 1.86. The lowest BCUT2D eigenvalue weighted by atomic mass is 10.1. The van der Waals surface area contributed by atoms with Gasteiger partial charge < -0.3 is 9.64 Å². The van der Waals surface area contributed by atoms with Gasteiger partial charge >= 0.3 is 0 Å². The Bertz CT molecular complexity index is 419. The van der Waals surface area contributed by atoms with Gasteiger partial charge in [0.2, 0.25) is 0 Å². The van der Waals surface area contributed by atoms with Crippen LogP contribution >= 0.6 is 0 Å². The van der Waals surface area contributed by atoms with Gasteiger partial charge in [-0.25, -0.2) is 0 Å². The Morgan fingerprint density at radius 2 is 2.06 bits per heavy atom. The Hall–Kier alpha value is -1.22. The molecule has 18 heavy (non-hydrogen) atoms. The molecule has 0 aliphatic carbocycles. The summed E-state index contributed by atoms with van der Waals surface area (Å²) in [4.78, 5) is 5.12. The normalized spacial score (nSPS) is 24.2. The van der Waals surface area contributed by atoms with Crippen LogP contribution in [0.4, 0.5) is 5.69 Å². The number of fused-ring (bicyclic) bond motifs is 3. The molecule has 2 heterocycles. The summed E-state index contributed by atoms with van der Waals surface area (Å²) in [5.41, 5.74) is 1.28.